The average Bonchev–Trinajstić information content (AvgIpc) is 2.43. The fourth-order valence-corrected chi connectivity index (χ4v) is 3.01. The van der Waals surface area contributed by atoms with Gasteiger partial charge in [-0.2, -0.15) is 0 Å². The molecule has 0 spiro atoms. The summed E-state index contributed by atoms with van der Waals surface area (Å²) >= 11 is 2.25. The predicted molar refractivity (Wildman–Crippen MR) is 80.6 cm³/mol. The Morgan fingerprint density at radius 2 is 2.26 bits per heavy atom. The number of halogens is 1. The first-order valence-electron chi connectivity index (χ1n) is 6.58. The topological polar surface area (TPSA) is 38.8 Å². The Hall–Kier alpha value is -0.820. The molecule has 1 saturated heterocycles. The third-order valence-electron chi connectivity index (χ3n) is 3.52. The van der Waals surface area contributed by atoms with Gasteiger partial charge in [0.2, 0.25) is 0 Å². The van der Waals surface area contributed by atoms with E-state index < -0.39 is 0 Å². The molecule has 1 atom stereocenters. The van der Waals surface area contributed by atoms with Crippen LogP contribution in [0.5, 0.6) is 5.75 Å². The van der Waals surface area contributed by atoms with E-state index in [9.17, 15) is 4.79 Å². The van der Waals surface area contributed by atoms with Crippen LogP contribution in [-0.4, -0.2) is 31.8 Å². The van der Waals surface area contributed by atoms with Crippen LogP contribution in [-0.2, 0) is 9.53 Å². The van der Waals surface area contributed by atoms with Gasteiger partial charge in [-0.15, -0.1) is 0 Å². The number of carbonyl (C=O) groups excluding carboxylic acids is 1. The summed E-state index contributed by atoms with van der Waals surface area (Å²) in [5.74, 6) is 0.805. The van der Waals surface area contributed by atoms with Crippen molar-refractivity contribution in [3.8, 4) is 5.75 Å². The van der Waals surface area contributed by atoms with Gasteiger partial charge in [0.25, 0.3) is 5.91 Å². The number of fused-ring (bicyclic) bond motifs is 1. The highest BCUT2D eigenvalue weighted by Gasteiger charge is 2.28. The summed E-state index contributed by atoms with van der Waals surface area (Å²) < 4.78 is 12.3. The van der Waals surface area contributed by atoms with Crippen molar-refractivity contribution >= 4 is 34.2 Å². The average molecular weight is 373 g/mol. The molecule has 1 fully saturated rings. The zero-order chi connectivity index (χ0) is 13.2. The normalized spacial score (nSPS) is 22.9. The molecular formula is C14H16INO3. The van der Waals surface area contributed by atoms with Gasteiger partial charge in [0.15, 0.2) is 6.61 Å². The number of rotatable bonds is 2. The Kier molecular flexibility index (Phi) is 3.93. The third kappa shape index (κ3) is 2.86. The largest absolute Gasteiger partial charge is 0.482 e. The minimum atomic E-state index is 0.0173. The standard InChI is InChI=1S/C14H16INO3/c15-10-4-5-13-12(7-10)16(14(17)9-19-13)8-11-3-1-2-6-18-11/h4-5,7,11H,1-3,6,8-9H2. The molecule has 0 aliphatic carbocycles. The van der Waals surface area contributed by atoms with Gasteiger partial charge in [0, 0.05) is 10.2 Å². The second-order valence-electron chi connectivity index (χ2n) is 4.89. The fourth-order valence-electron chi connectivity index (χ4n) is 2.53. The molecule has 2 heterocycles. The van der Waals surface area contributed by atoms with Crippen molar-refractivity contribution in [2.24, 2.45) is 0 Å². The summed E-state index contributed by atoms with van der Waals surface area (Å²) in [6.07, 6.45) is 3.50. The van der Waals surface area contributed by atoms with Crippen molar-refractivity contribution in [2.75, 3.05) is 24.7 Å². The lowest BCUT2D eigenvalue weighted by Crippen LogP contribution is -2.44. The van der Waals surface area contributed by atoms with Gasteiger partial charge in [0.1, 0.15) is 5.75 Å². The summed E-state index contributed by atoms with van der Waals surface area (Å²) in [6, 6.07) is 5.92. The SMILES string of the molecule is O=C1COc2ccc(I)cc2N1CC1CCCCO1. The summed E-state index contributed by atoms with van der Waals surface area (Å²) in [7, 11) is 0. The molecular weight excluding hydrogens is 357 g/mol. The Morgan fingerprint density at radius 1 is 1.37 bits per heavy atom. The van der Waals surface area contributed by atoms with Crippen molar-refractivity contribution in [3.05, 3.63) is 21.8 Å². The summed E-state index contributed by atoms with van der Waals surface area (Å²) in [6.45, 7) is 1.57. The number of hydrogen-bond acceptors (Lipinski definition) is 3. The van der Waals surface area contributed by atoms with Crippen LogP contribution in [0, 0.1) is 3.57 Å². The Morgan fingerprint density at radius 3 is 3.05 bits per heavy atom. The highest BCUT2D eigenvalue weighted by molar-refractivity contribution is 14.1. The third-order valence-corrected chi connectivity index (χ3v) is 4.20. The number of anilines is 1. The summed E-state index contributed by atoms with van der Waals surface area (Å²) in [5, 5.41) is 0. The van der Waals surface area contributed by atoms with Crippen LogP contribution in [0.4, 0.5) is 5.69 Å². The van der Waals surface area contributed by atoms with Gasteiger partial charge in [-0.25, -0.2) is 0 Å². The minimum Gasteiger partial charge on any atom is -0.482 e. The van der Waals surface area contributed by atoms with Gasteiger partial charge >= 0.3 is 0 Å². The number of hydrogen-bond donors (Lipinski definition) is 0. The molecule has 3 rings (SSSR count). The zero-order valence-electron chi connectivity index (χ0n) is 10.6. The van der Waals surface area contributed by atoms with Crippen molar-refractivity contribution < 1.29 is 14.3 Å². The summed E-state index contributed by atoms with van der Waals surface area (Å²) in [4.78, 5) is 13.9. The van der Waals surface area contributed by atoms with Gasteiger partial charge in [-0.1, -0.05) is 0 Å². The Balaban J connectivity index is 1.83. The molecule has 0 aromatic heterocycles. The Labute approximate surface area is 126 Å². The molecule has 1 unspecified atom stereocenters. The van der Waals surface area contributed by atoms with Gasteiger partial charge in [0.05, 0.1) is 18.3 Å². The van der Waals surface area contributed by atoms with Crippen molar-refractivity contribution in [1.82, 2.24) is 0 Å². The smallest absolute Gasteiger partial charge is 0.265 e. The molecule has 1 amide bonds. The predicted octanol–water partition coefficient (Wildman–Crippen LogP) is 2.59. The van der Waals surface area contributed by atoms with E-state index in [0.29, 0.717) is 6.54 Å². The molecule has 0 bridgehead atoms. The van der Waals surface area contributed by atoms with Crippen LogP contribution in [0.15, 0.2) is 18.2 Å². The van der Waals surface area contributed by atoms with E-state index in [0.717, 1.165) is 34.5 Å². The monoisotopic (exact) mass is 373 g/mol. The van der Waals surface area contributed by atoms with E-state index in [4.69, 9.17) is 9.47 Å². The maximum atomic E-state index is 12.1. The highest BCUT2D eigenvalue weighted by Crippen LogP contribution is 2.34. The van der Waals surface area contributed by atoms with E-state index in [2.05, 4.69) is 22.6 Å². The van der Waals surface area contributed by atoms with Gasteiger partial charge in [-0.05, 0) is 60.1 Å². The number of amides is 1. The summed E-state index contributed by atoms with van der Waals surface area (Å²) in [5.41, 5.74) is 0.873. The maximum absolute atomic E-state index is 12.1. The van der Waals surface area contributed by atoms with Crippen LogP contribution in [0.2, 0.25) is 0 Å². The lowest BCUT2D eigenvalue weighted by Gasteiger charge is -2.33. The molecule has 102 valence electrons. The van der Waals surface area contributed by atoms with Crippen LogP contribution in [0.3, 0.4) is 0 Å². The number of carbonyl (C=O) groups is 1. The lowest BCUT2D eigenvalue weighted by atomic mass is 10.1. The highest BCUT2D eigenvalue weighted by atomic mass is 127. The second-order valence-corrected chi connectivity index (χ2v) is 6.14. The molecule has 4 nitrogen and oxygen atoms in total. The van der Waals surface area contributed by atoms with Crippen molar-refractivity contribution in [3.63, 3.8) is 0 Å². The van der Waals surface area contributed by atoms with E-state index in [1.54, 1.807) is 0 Å². The van der Waals surface area contributed by atoms with Crippen molar-refractivity contribution in [2.45, 2.75) is 25.4 Å². The molecule has 0 saturated carbocycles. The minimum absolute atomic E-state index is 0.0173. The van der Waals surface area contributed by atoms with Crippen LogP contribution in [0.25, 0.3) is 0 Å². The molecule has 0 radical (unpaired) electrons. The number of benzene rings is 1. The Bertz CT molecular complexity index is 486. The lowest BCUT2D eigenvalue weighted by molar-refractivity contribution is -0.122. The molecule has 1 aromatic rings. The molecule has 5 heteroatoms. The first kappa shape index (κ1) is 13.2. The van der Waals surface area contributed by atoms with E-state index in [1.165, 1.54) is 6.42 Å². The quantitative estimate of drug-likeness (QED) is 0.749. The molecule has 2 aliphatic heterocycles. The molecule has 1 aromatic carbocycles. The molecule has 2 aliphatic rings. The number of nitrogens with zero attached hydrogens (tertiary/aromatic N) is 1. The van der Waals surface area contributed by atoms with Crippen LogP contribution >= 0.6 is 22.6 Å². The fraction of sp³-hybridized carbons (Fsp3) is 0.500. The van der Waals surface area contributed by atoms with E-state index in [1.807, 2.05) is 23.1 Å². The van der Waals surface area contributed by atoms with Crippen LogP contribution in [0.1, 0.15) is 19.3 Å². The van der Waals surface area contributed by atoms with Crippen molar-refractivity contribution in [1.29, 1.82) is 0 Å². The number of ether oxygens (including phenoxy) is 2. The first-order valence-corrected chi connectivity index (χ1v) is 7.66. The second kappa shape index (κ2) is 5.66. The first-order chi connectivity index (χ1) is 9.24. The van der Waals surface area contributed by atoms with E-state index in [-0.39, 0.29) is 18.6 Å². The maximum Gasteiger partial charge on any atom is 0.265 e. The van der Waals surface area contributed by atoms with Gasteiger partial charge in [-0.3, -0.25) is 4.79 Å². The van der Waals surface area contributed by atoms with E-state index >= 15 is 0 Å². The van der Waals surface area contributed by atoms with Gasteiger partial charge < -0.3 is 14.4 Å². The molecule has 19 heavy (non-hydrogen) atoms. The van der Waals surface area contributed by atoms with Crippen LogP contribution < -0.4 is 9.64 Å². The zero-order valence-corrected chi connectivity index (χ0v) is 12.8. The molecule has 0 N–H and O–H groups in total.